The molecule has 0 aliphatic carbocycles. The van der Waals surface area contributed by atoms with Crippen LogP contribution >= 0.6 is 12.6 Å². The molecule has 3 N–H and O–H groups in total. The van der Waals surface area contributed by atoms with Gasteiger partial charge in [-0.05, 0) is 35.7 Å². The van der Waals surface area contributed by atoms with Crippen LogP contribution in [-0.2, 0) is 0 Å². The molecule has 1 atom stereocenters. The number of nitrogens with two attached hydrogens (primary N) is 1. The van der Waals surface area contributed by atoms with Crippen LogP contribution in [-0.4, -0.2) is 23.0 Å². The Morgan fingerprint density at radius 3 is 2.14 bits per heavy atom. The van der Waals surface area contributed by atoms with Gasteiger partial charge in [-0.3, -0.25) is 5.73 Å². The molecule has 0 aromatic heterocycles. The number of anilines is 1. The molecule has 4 heteroatoms. The second-order valence-corrected chi connectivity index (χ2v) is 6.17. The van der Waals surface area contributed by atoms with Gasteiger partial charge < -0.3 is 0 Å². The number of amidine groups is 1. The molecule has 2 aromatic carbocycles. The van der Waals surface area contributed by atoms with Crippen molar-refractivity contribution in [3.8, 4) is 0 Å². The van der Waals surface area contributed by atoms with Crippen molar-refractivity contribution in [3.05, 3.63) is 65.7 Å². The van der Waals surface area contributed by atoms with Crippen molar-refractivity contribution < 1.29 is 4.58 Å². The maximum atomic E-state index is 5.92. The van der Waals surface area contributed by atoms with Crippen molar-refractivity contribution >= 4 is 24.2 Å². The van der Waals surface area contributed by atoms with Gasteiger partial charge in [0.05, 0.1) is 12.6 Å². The summed E-state index contributed by atoms with van der Waals surface area (Å²) < 4.78 is 1.91. The molecule has 2 rings (SSSR count). The third-order valence-electron chi connectivity index (χ3n) is 3.64. The zero-order valence-corrected chi connectivity index (χ0v) is 14.2. The summed E-state index contributed by atoms with van der Waals surface area (Å²) in [6, 6.07) is 18.6. The summed E-state index contributed by atoms with van der Waals surface area (Å²) in [5.41, 5.74) is 8.97. The Bertz CT molecular complexity index is 631. The highest BCUT2D eigenvalue weighted by Gasteiger charge is 2.17. The highest BCUT2D eigenvalue weighted by molar-refractivity contribution is 7.80. The normalized spacial score (nSPS) is 13.7. The van der Waals surface area contributed by atoms with Crippen LogP contribution in [0.15, 0.2) is 54.6 Å². The third kappa shape index (κ3) is 4.12. The van der Waals surface area contributed by atoms with E-state index in [2.05, 4.69) is 68.2 Å². The van der Waals surface area contributed by atoms with E-state index in [1.165, 1.54) is 5.56 Å². The highest BCUT2D eigenvalue weighted by Crippen LogP contribution is 2.18. The van der Waals surface area contributed by atoms with Crippen molar-refractivity contribution in [1.82, 2.24) is 0 Å². The topological polar surface area (TPSA) is 41.1 Å². The smallest absolute Gasteiger partial charge is 0.283 e. The van der Waals surface area contributed by atoms with Crippen LogP contribution < -0.4 is 11.1 Å². The predicted molar refractivity (Wildman–Crippen MR) is 97.9 cm³/mol. The molecule has 0 radical (unpaired) electrons. The fraction of sp³-hybridized carbons (Fsp3) is 0.278. The summed E-state index contributed by atoms with van der Waals surface area (Å²) in [5, 5.41) is 3.46. The Kier molecular flexibility index (Phi) is 5.63. The molecule has 3 nitrogen and oxygen atoms in total. The van der Waals surface area contributed by atoms with Crippen LogP contribution in [0.4, 0.5) is 5.69 Å². The largest absolute Gasteiger partial charge is 0.284 e. The number of hydrogen-bond acceptors (Lipinski definition) is 2. The van der Waals surface area contributed by atoms with Crippen molar-refractivity contribution in [3.63, 3.8) is 0 Å². The van der Waals surface area contributed by atoms with E-state index in [4.69, 9.17) is 5.73 Å². The zero-order chi connectivity index (χ0) is 16.1. The van der Waals surface area contributed by atoms with Gasteiger partial charge in [-0.15, -0.1) is 12.6 Å². The lowest BCUT2D eigenvalue weighted by molar-refractivity contribution is -0.510. The van der Waals surface area contributed by atoms with Crippen molar-refractivity contribution in [2.24, 2.45) is 5.73 Å². The molecule has 1 unspecified atom stereocenters. The van der Waals surface area contributed by atoms with E-state index in [0.29, 0.717) is 5.92 Å². The Morgan fingerprint density at radius 1 is 1.05 bits per heavy atom. The molecule has 0 bridgehead atoms. The van der Waals surface area contributed by atoms with E-state index >= 15 is 0 Å². The fourth-order valence-corrected chi connectivity index (χ4v) is 2.30. The van der Waals surface area contributed by atoms with E-state index < -0.39 is 0 Å². The monoisotopic (exact) mass is 314 g/mol. The van der Waals surface area contributed by atoms with Gasteiger partial charge in [0.15, 0.2) is 5.50 Å². The number of thiol groups is 1. The molecule has 0 saturated carbocycles. The van der Waals surface area contributed by atoms with Gasteiger partial charge in [0.2, 0.25) is 0 Å². The first kappa shape index (κ1) is 16.6. The molecule has 22 heavy (non-hydrogen) atoms. The Morgan fingerprint density at radius 2 is 1.64 bits per heavy atom. The number of benzene rings is 2. The molecule has 116 valence electrons. The van der Waals surface area contributed by atoms with Crippen LogP contribution in [0, 0.1) is 0 Å². The molecular formula is C18H24N3S+. The molecule has 0 saturated heterocycles. The SMILES string of the molecule is CC(C)c1ccc(N/C(c2ccccc2)=[N+](/C)C(N)S)cc1. The Hall–Kier alpha value is -1.78. The van der Waals surface area contributed by atoms with Crippen molar-refractivity contribution in [1.29, 1.82) is 0 Å². The summed E-state index contributed by atoms with van der Waals surface area (Å²) in [5.74, 6) is 1.46. The summed E-state index contributed by atoms with van der Waals surface area (Å²) in [6.45, 7) is 4.38. The molecule has 0 fully saturated rings. The fourth-order valence-electron chi connectivity index (χ4n) is 2.18. The van der Waals surface area contributed by atoms with Gasteiger partial charge in [0.1, 0.15) is 5.69 Å². The number of nitrogens with zero attached hydrogens (tertiary/aromatic N) is 1. The van der Waals surface area contributed by atoms with Crippen LogP contribution in [0.3, 0.4) is 0 Å². The van der Waals surface area contributed by atoms with Gasteiger partial charge in [-0.2, -0.15) is 0 Å². The average Bonchev–Trinajstić information content (AvgIpc) is 2.53. The molecular weight excluding hydrogens is 290 g/mol. The Labute approximate surface area is 138 Å². The minimum atomic E-state index is -0.377. The lowest BCUT2D eigenvalue weighted by Crippen LogP contribution is -2.35. The maximum Gasteiger partial charge on any atom is 0.283 e. The second-order valence-electron chi connectivity index (χ2n) is 5.64. The van der Waals surface area contributed by atoms with E-state index in [1.54, 1.807) is 0 Å². The lowest BCUT2D eigenvalue weighted by atomic mass is 10.0. The Balaban J connectivity index is 2.34. The molecule has 0 aliphatic heterocycles. The van der Waals surface area contributed by atoms with E-state index in [9.17, 15) is 0 Å². The summed E-state index contributed by atoms with van der Waals surface area (Å²) in [7, 11) is 1.93. The molecule has 0 aliphatic rings. The molecule has 0 amide bonds. The standard InChI is InChI=1S/C18H23N3S/c1-13(2)14-9-11-16(12-10-14)20-17(21(3)18(19)22)15-7-5-4-6-8-15/h4-13,18,22H,19H2,1-3H3/p+1. The minimum absolute atomic E-state index is 0.377. The number of rotatable bonds is 4. The summed E-state index contributed by atoms with van der Waals surface area (Å²) >= 11 is 4.34. The summed E-state index contributed by atoms with van der Waals surface area (Å²) in [4.78, 5) is 0. The predicted octanol–water partition coefficient (Wildman–Crippen LogP) is 3.48. The number of hydrogen-bond donors (Lipinski definition) is 3. The molecule has 0 spiro atoms. The van der Waals surface area contributed by atoms with E-state index in [0.717, 1.165) is 17.1 Å². The maximum absolute atomic E-state index is 5.92. The average molecular weight is 314 g/mol. The first-order valence-corrected chi connectivity index (χ1v) is 7.96. The van der Waals surface area contributed by atoms with E-state index in [1.807, 2.05) is 29.8 Å². The van der Waals surface area contributed by atoms with Crippen molar-refractivity contribution in [2.75, 3.05) is 12.4 Å². The first-order valence-electron chi connectivity index (χ1n) is 7.45. The quantitative estimate of drug-likeness (QED) is 0.266. The number of nitrogens with one attached hydrogen (secondary N) is 1. The zero-order valence-electron chi connectivity index (χ0n) is 13.3. The van der Waals surface area contributed by atoms with Crippen LogP contribution in [0.5, 0.6) is 0 Å². The van der Waals surface area contributed by atoms with E-state index in [-0.39, 0.29) is 5.50 Å². The molecule has 0 heterocycles. The summed E-state index contributed by atoms with van der Waals surface area (Å²) in [6.07, 6.45) is 0. The van der Waals surface area contributed by atoms with Gasteiger partial charge in [0, 0.05) is 0 Å². The van der Waals surface area contributed by atoms with Crippen LogP contribution in [0.1, 0.15) is 30.9 Å². The van der Waals surface area contributed by atoms with Crippen molar-refractivity contribution in [2.45, 2.75) is 25.3 Å². The minimum Gasteiger partial charge on any atom is -0.284 e. The van der Waals surface area contributed by atoms with Gasteiger partial charge in [-0.1, -0.05) is 44.2 Å². The lowest BCUT2D eigenvalue weighted by Gasteiger charge is -2.12. The third-order valence-corrected chi connectivity index (χ3v) is 3.98. The highest BCUT2D eigenvalue weighted by atomic mass is 32.1. The van der Waals surface area contributed by atoms with Crippen LogP contribution in [0.25, 0.3) is 0 Å². The second kappa shape index (κ2) is 7.47. The molecule has 2 aromatic rings. The van der Waals surface area contributed by atoms with Gasteiger partial charge >= 0.3 is 0 Å². The van der Waals surface area contributed by atoms with Crippen LogP contribution in [0.2, 0.25) is 0 Å². The van der Waals surface area contributed by atoms with Gasteiger partial charge in [0.25, 0.3) is 5.84 Å². The first-order chi connectivity index (χ1) is 10.5. The van der Waals surface area contributed by atoms with Gasteiger partial charge in [-0.25, -0.2) is 9.89 Å².